The molecule has 1 fully saturated rings. The second-order valence-electron chi connectivity index (χ2n) is 7.42. The summed E-state index contributed by atoms with van der Waals surface area (Å²) in [5.41, 5.74) is 3.65. The lowest BCUT2D eigenvalue weighted by atomic mass is 10.0. The van der Waals surface area contributed by atoms with Crippen LogP contribution in [0.2, 0.25) is 0 Å². The Morgan fingerprint density at radius 1 is 1.06 bits per heavy atom. The Hall–Kier alpha value is -3.35. The van der Waals surface area contributed by atoms with E-state index in [-0.39, 0.29) is 18.9 Å². The fourth-order valence-corrected chi connectivity index (χ4v) is 3.77. The molecule has 0 spiro atoms. The van der Waals surface area contributed by atoms with Crippen LogP contribution in [0.25, 0.3) is 0 Å². The van der Waals surface area contributed by atoms with Gasteiger partial charge < -0.3 is 19.7 Å². The Morgan fingerprint density at radius 2 is 1.71 bits per heavy atom. The van der Waals surface area contributed by atoms with Gasteiger partial charge in [0.1, 0.15) is 5.75 Å². The van der Waals surface area contributed by atoms with E-state index in [0.717, 1.165) is 29.7 Å². The summed E-state index contributed by atoms with van der Waals surface area (Å²) in [6.45, 7) is 3.96. The molecule has 0 aromatic heterocycles. The van der Waals surface area contributed by atoms with Crippen LogP contribution < -0.4 is 15.0 Å². The first-order valence-electron chi connectivity index (χ1n) is 10.5. The number of ether oxygens (including phenoxy) is 2. The van der Waals surface area contributed by atoms with Crippen molar-refractivity contribution in [3.8, 4) is 5.75 Å². The molecule has 1 aliphatic heterocycles. The molecule has 1 aliphatic rings. The van der Waals surface area contributed by atoms with E-state index in [2.05, 4.69) is 5.32 Å². The van der Waals surface area contributed by atoms with Gasteiger partial charge in [0.25, 0.3) is 5.91 Å². The van der Waals surface area contributed by atoms with Crippen LogP contribution in [-0.4, -0.2) is 38.0 Å². The first-order valence-corrected chi connectivity index (χ1v) is 10.5. The lowest BCUT2D eigenvalue weighted by Gasteiger charge is -2.23. The van der Waals surface area contributed by atoms with E-state index < -0.39 is 24.4 Å². The maximum atomic E-state index is 12.7. The molecule has 164 valence electrons. The number of carbonyl (C=O) groups is 3. The summed E-state index contributed by atoms with van der Waals surface area (Å²) in [6.07, 6.45) is 1.68. The Morgan fingerprint density at radius 3 is 2.29 bits per heavy atom. The average Bonchev–Trinajstić information content (AvgIpc) is 3.18. The number of para-hydroxylation sites is 1. The van der Waals surface area contributed by atoms with Gasteiger partial charge in [-0.15, -0.1) is 0 Å². The summed E-state index contributed by atoms with van der Waals surface area (Å²) in [4.78, 5) is 39.0. The number of aryl methyl sites for hydroxylation is 2. The molecule has 1 N–H and O–H groups in total. The van der Waals surface area contributed by atoms with Gasteiger partial charge in [-0.2, -0.15) is 0 Å². The molecule has 1 saturated heterocycles. The summed E-state index contributed by atoms with van der Waals surface area (Å²) >= 11 is 0. The third kappa shape index (κ3) is 5.23. The molecule has 0 aliphatic carbocycles. The van der Waals surface area contributed by atoms with Gasteiger partial charge in [0.15, 0.2) is 6.61 Å². The molecule has 31 heavy (non-hydrogen) atoms. The van der Waals surface area contributed by atoms with Crippen molar-refractivity contribution in [1.29, 1.82) is 0 Å². The first kappa shape index (κ1) is 22.3. The van der Waals surface area contributed by atoms with E-state index >= 15 is 0 Å². The Bertz CT molecular complexity index is 933. The zero-order chi connectivity index (χ0) is 22.4. The van der Waals surface area contributed by atoms with Crippen LogP contribution in [0.4, 0.5) is 11.4 Å². The van der Waals surface area contributed by atoms with Gasteiger partial charge in [0.2, 0.25) is 5.91 Å². The maximum absolute atomic E-state index is 12.7. The van der Waals surface area contributed by atoms with Crippen LogP contribution in [0.1, 0.15) is 31.4 Å². The predicted molar refractivity (Wildman–Crippen MR) is 118 cm³/mol. The van der Waals surface area contributed by atoms with E-state index in [4.69, 9.17) is 9.47 Å². The second kappa shape index (κ2) is 10.1. The minimum Gasteiger partial charge on any atom is -0.497 e. The Labute approximate surface area is 182 Å². The highest BCUT2D eigenvalue weighted by atomic mass is 16.5. The number of benzene rings is 2. The fourth-order valence-electron chi connectivity index (χ4n) is 3.77. The number of hydrogen-bond donors (Lipinski definition) is 1. The van der Waals surface area contributed by atoms with E-state index in [1.165, 1.54) is 0 Å². The van der Waals surface area contributed by atoms with Crippen molar-refractivity contribution in [2.24, 2.45) is 5.92 Å². The third-order valence-electron chi connectivity index (χ3n) is 5.41. The van der Waals surface area contributed by atoms with Gasteiger partial charge in [-0.3, -0.25) is 14.4 Å². The Kier molecular flexibility index (Phi) is 7.28. The zero-order valence-corrected chi connectivity index (χ0v) is 18.1. The molecule has 0 unspecified atom stereocenters. The lowest BCUT2D eigenvalue weighted by Crippen LogP contribution is -2.29. The first-order chi connectivity index (χ1) is 15.0. The molecule has 7 nitrogen and oxygen atoms in total. The second-order valence-corrected chi connectivity index (χ2v) is 7.42. The highest BCUT2D eigenvalue weighted by Gasteiger charge is 2.37. The van der Waals surface area contributed by atoms with Crippen LogP contribution in [0, 0.1) is 5.92 Å². The van der Waals surface area contributed by atoms with Crippen LogP contribution >= 0.6 is 0 Å². The molecular weight excluding hydrogens is 396 g/mol. The molecule has 1 atom stereocenters. The number of carbonyl (C=O) groups excluding carboxylic acids is 3. The van der Waals surface area contributed by atoms with Gasteiger partial charge >= 0.3 is 5.97 Å². The number of esters is 1. The Balaban J connectivity index is 1.58. The van der Waals surface area contributed by atoms with Crippen LogP contribution in [0.3, 0.4) is 0 Å². The van der Waals surface area contributed by atoms with Crippen LogP contribution in [0.5, 0.6) is 5.75 Å². The molecule has 2 aromatic rings. The minimum atomic E-state index is -0.587. The summed E-state index contributed by atoms with van der Waals surface area (Å²) < 4.78 is 10.3. The number of methoxy groups -OCH3 is 1. The van der Waals surface area contributed by atoms with Gasteiger partial charge in [0.05, 0.1) is 13.0 Å². The van der Waals surface area contributed by atoms with Crippen molar-refractivity contribution in [3.05, 3.63) is 53.6 Å². The summed E-state index contributed by atoms with van der Waals surface area (Å²) in [5, 5.41) is 2.66. The van der Waals surface area contributed by atoms with Crippen molar-refractivity contribution in [2.45, 2.75) is 33.1 Å². The molecule has 2 amide bonds. The number of nitrogens with one attached hydrogen (secondary N) is 1. The van der Waals surface area contributed by atoms with Crippen LogP contribution in [-0.2, 0) is 32.0 Å². The third-order valence-corrected chi connectivity index (χ3v) is 5.41. The van der Waals surface area contributed by atoms with Gasteiger partial charge in [0, 0.05) is 24.3 Å². The number of hydrogen-bond acceptors (Lipinski definition) is 5. The molecule has 7 heteroatoms. The highest BCUT2D eigenvalue weighted by Crippen LogP contribution is 2.32. The van der Waals surface area contributed by atoms with Crippen LogP contribution in [0.15, 0.2) is 42.5 Å². The predicted octanol–water partition coefficient (Wildman–Crippen LogP) is 3.35. The lowest BCUT2D eigenvalue weighted by molar-refractivity contribution is -0.151. The van der Waals surface area contributed by atoms with Crippen molar-refractivity contribution in [2.75, 3.05) is 30.5 Å². The quantitative estimate of drug-likeness (QED) is 0.657. The van der Waals surface area contributed by atoms with Crippen molar-refractivity contribution < 1.29 is 23.9 Å². The molecular formula is C24H28N2O5. The number of amides is 2. The van der Waals surface area contributed by atoms with E-state index in [1.54, 1.807) is 36.3 Å². The molecule has 0 bridgehead atoms. The highest BCUT2D eigenvalue weighted by molar-refractivity contribution is 6.01. The molecule has 0 radical (unpaired) electrons. The number of anilines is 2. The SMILES string of the molecule is CCc1cccc(CC)c1N1C[C@@H](C(=O)OCC(=O)Nc2ccc(OC)cc2)CC1=O. The van der Waals surface area contributed by atoms with Crippen molar-refractivity contribution in [1.82, 2.24) is 0 Å². The molecule has 2 aromatic carbocycles. The maximum Gasteiger partial charge on any atom is 0.311 e. The van der Waals surface area contributed by atoms with Gasteiger partial charge in [-0.1, -0.05) is 32.0 Å². The van der Waals surface area contributed by atoms with Gasteiger partial charge in [-0.05, 0) is 48.2 Å². The molecule has 0 saturated carbocycles. The number of nitrogens with zero attached hydrogens (tertiary/aromatic N) is 1. The normalized spacial score (nSPS) is 15.6. The van der Waals surface area contributed by atoms with Crippen molar-refractivity contribution in [3.63, 3.8) is 0 Å². The van der Waals surface area contributed by atoms with Gasteiger partial charge in [-0.25, -0.2) is 0 Å². The smallest absolute Gasteiger partial charge is 0.311 e. The number of rotatable bonds is 8. The molecule has 3 rings (SSSR count). The molecule has 1 heterocycles. The summed E-state index contributed by atoms with van der Waals surface area (Å²) in [5.74, 6) is -0.982. The minimum absolute atomic E-state index is 0.0835. The van der Waals surface area contributed by atoms with E-state index in [0.29, 0.717) is 11.4 Å². The van der Waals surface area contributed by atoms with E-state index in [1.807, 2.05) is 32.0 Å². The summed E-state index contributed by atoms with van der Waals surface area (Å²) in [7, 11) is 1.56. The summed E-state index contributed by atoms with van der Waals surface area (Å²) in [6, 6.07) is 12.9. The van der Waals surface area contributed by atoms with E-state index in [9.17, 15) is 14.4 Å². The zero-order valence-electron chi connectivity index (χ0n) is 18.1. The largest absolute Gasteiger partial charge is 0.497 e. The topological polar surface area (TPSA) is 84.9 Å². The monoisotopic (exact) mass is 424 g/mol. The average molecular weight is 424 g/mol. The standard InChI is InChI=1S/C24H28N2O5/c1-4-16-7-6-8-17(5-2)23(16)26-14-18(13-22(26)28)24(29)31-15-21(27)25-19-9-11-20(30-3)12-10-19/h6-12,18H,4-5,13-15H2,1-3H3,(H,25,27)/t18-/m0/s1. The fraction of sp³-hybridized carbons (Fsp3) is 0.375. The van der Waals surface area contributed by atoms with Crippen molar-refractivity contribution >= 4 is 29.2 Å².